The highest BCUT2D eigenvalue weighted by Crippen LogP contribution is 2.34. The smallest absolute Gasteiger partial charge is 0.409 e. The van der Waals surface area contributed by atoms with E-state index in [1.807, 2.05) is 0 Å². The number of carbonyl (C=O) groups is 1. The van der Waals surface area contributed by atoms with E-state index < -0.39 is 9.41 Å². The molecule has 8 heteroatoms. The summed E-state index contributed by atoms with van der Waals surface area (Å²) in [5.41, 5.74) is -1.00. The quantitative estimate of drug-likeness (QED) is 0.580. The number of carbonyl (C=O) groups excluding carboxylic acids is 1. The molecule has 0 spiro atoms. The monoisotopic (exact) mass is 322 g/mol. The highest BCUT2D eigenvalue weighted by molar-refractivity contribution is 6.66. The summed E-state index contributed by atoms with van der Waals surface area (Å²) in [5, 5.41) is 0.0979. The molecule has 88 valence electrons. The summed E-state index contributed by atoms with van der Waals surface area (Å²) in [6.45, 7) is 0. The maximum Gasteiger partial charge on any atom is 0.409 e. The van der Waals surface area contributed by atoms with Gasteiger partial charge in [0.25, 0.3) is 0 Å². The van der Waals surface area contributed by atoms with Gasteiger partial charge in [0.15, 0.2) is 5.75 Å². The third kappa shape index (κ3) is 4.85. The molecule has 0 aromatic heterocycles. The second kappa shape index (κ2) is 5.52. The fourth-order valence-electron chi connectivity index (χ4n) is 0.848. The van der Waals surface area contributed by atoms with Crippen LogP contribution < -0.4 is 9.47 Å². The molecule has 1 aromatic rings. The van der Waals surface area contributed by atoms with Gasteiger partial charge in [-0.15, -0.1) is 0 Å². The van der Waals surface area contributed by atoms with Gasteiger partial charge in [-0.3, -0.25) is 0 Å². The number of ether oxygens (including phenoxy) is 2. The minimum Gasteiger partial charge on any atom is -0.446 e. The van der Waals surface area contributed by atoms with Crippen molar-refractivity contribution >= 4 is 63.4 Å². The van der Waals surface area contributed by atoms with Crippen molar-refractivity contribution < 1.29 is 14.3 Å². The number of benzene rings is 1. The maximum absolute atomic E-state index is 10.5. The van der Waals surface area contributed by atoms with Crippen LogP contribution in [0.1, 0.15) is 0 Å². The van der Waals surface area contributed by atoms with Crippen molar-refractivity contribution in [3.8, 4) is 11.5 Å². The summed E-state index contributed by atoms with van der Waals surface area (Å²) in [4.78, 5) is 10.5. The van der Waals surface area contributed by atoms with Gasteiger partial charge in [-0.1, -0.05) is 11.6 Å². The normalized spacial score (nSPS) is 11.1. The molecule has 1 aromatic carbocycles. The first-order chi connectivity index (χ1) is 7.28. The topological polar surface area (TPSA) is 35.5 Å². The van der Waals surface area contributed by atoms with Gasteiger partial charge in [0.05, 0.1) is 5.02 Å². The summed E-state index contributed by atoms with van der Waals surface area (Å²) in [7, 11) is 0. The van der Waals surface area contributed by atoms with Crippen molar-refractivity contribution in [3.05, 3.63) is 23.2 Å². The molecule has 0 N–H and O–H groups in total. The van der Waals surface area contributed by atoms with Gasteiger partial charge in [-0.05, 0) is 46.9 Å². The van der Waals surface area contributed by atoms with Gasteiger partial charge in [-0.25, -0.2) is 4.79 Å². The number of hydrogen-bond acceptors (Lipinski definition) is 3. The van der Waals surface area contributed by atoms with Crippen LogP contribution in [0.2, 0.25) is 5.02 Å². The average Bonchev–Trinajstić information content (AvgIpc) is 2.06. The lowest BCUT2D eigenvalue weighted by molar-refractivity contribution is 0.225. The number of halogens is 5. The average molecular weight is 324 g/mol. The fraction of sp³-hybridized carbons (Fsp3) is 0.125. The molecule has 0 heterocycles. The first-order valence-corrected chi connectivity index (χ1v) is 5.59. The Hall–Kier alpha value is -0.0600. The van der Waals surface area contributed by atoms with Gasteiger partial charge in [-0.2, -0.15) is 0 Å². The van der Waals surface area contributed by atoms with Crippen LogP contribution in [0.4, 0.5) is 4.79 Å². The Bertz CT molecular complexity index is 401. The molecule has 0 aliphatic heterocycles. The summed E-state index contributed by atoms with van der Waals surface area (Å²) in [5.74, 6) is 0.290. The SMILES string of the molecule is O=C(Cl)Oc1ccc(OC(Cl)(Cl)Cl)cc1Cl. The van der Waals surface area contributed by atoms with Gasteiger partial charge in [0.2, 0.25) is 0 Å². The summed E-state index contributed by atoms with van der Waals surface area (Å²) >= 11 is 27.0. The molecular formula is C8H3Cl5O3. The molecular weight excluding hydrogens is 321 g/mol. The Labute approximate surface area is 116 Å². The molecule has 0 saturated heterocycles. The Morgan fingerprint density at radius 2 is 1.88 bits per heavy atom. The van der Waals surface area contributed by atoms with Crippen LogP contribution in [0.5, 0.6) is 11.5 Å². The Balaban J connectivity index is 2.87. The van der Waals surface area contributed by atoms with E-state index >= 15 is 0 Å². The van der Waals surface area contributed by atoms with Crippen molar-refractivity contribution in [3.63, 3.8) is 0 Å². The minimum atomic E-state index is -1.89. The Morgan fingerprint density at radius 3 is 2.31 bits per heavy atom. The molecule has 0 amide bonds. The third-order valence-electron chi connectivity index (χ3n) is 1.33. The Morgan fingerprint density at radius 1 is 1.25 bits per heavy atom. The number of rotatable bonds is 2. The van der Waals surface area contributed by atoms with Crippen LogP contribution >= 0.6 is 58.0 Å². The van der Waals surface area contributed by atoms with Crippen molar-refractivity contribution in [2.45, 2.75) is 3.98 Å². The largest absolute Gasteiger partial charge is 0.446 e. The standard InChI is InChI=1S/C8H3Cl5O3/c9-5-3-4(16-8(11,12)13)1-2-6(5)15-7(10)14/h1-3H. The van der Waals surface area contributed by atoms with E-state index in [9.17, 15) is 4.79 Å². The van der Waals surface area contributed by atoms with E-state index in [-0.39, 0.29) is 16.5 Å². The first-order valence-electron chi connectivity index (χ1n) is 3.70. The molecule has 16 heavy (non-hydrogen) atoms. The first kappa shape index (κ1) is 14.0. The third-order valence-corrected chi connectivity index (χ3v) is 1.93. The van der Waals surface area contributed by atoms with Gasteiger partial charge < -0.3 is 9.47 Å². The predicted molar refractivity (Wildman–Crippen MR) is 64.2 cm³/mol. The maximum atomic E-state index is 10.5. The second-order valence-corrected chi connectivity index (χ2v) is 5.37. The minimum absolute atomic E-state index is 0.0818. The zero-order valence-electron chi connectivity index (χ0n) is 7.35. The van der Waals surface area contributed by atoms with E-state index in [0.29, 0.717) is 0 Å². The Kier molecular flexibility index (Phi) is 4.83. The van der Waals surface area contributed by atoms with Gasteiger partial charge in [0.1, 0.15) is 5.75 Å². The van der Waals surface area contributed by atoms with E-state index in [1.54, 1.807) is 0 Å². The van der Waals surface area contributed by atoms with Crippen molar-refractivity contribution in [2.75, 3.05) is 0 Å². The van der Waals surface area contributed by atoms with Crippen molar-refractivity contribution in [2.24, 2.45) is 0 Å². The van der Waals surface area contributed by atoms with Crippen molar-refractivity contribution in [1.29, 1.82) is 0 Å². The van der Waals surface area contributed by atoms with E-state index in [4.69, 9.17) is 62.7 Å². The molecule has 0 radical (unpaired) electrons. The van der Waals surface area contributed by atoms with Crippen LogP contribution in [0, 0.1) is 0 Å². The molecule has 1 rings (SSSR count). The van der Waals surface area contributed by atoms with Crippen LogP contribution in [-0.2, 0) is 0 Å². The van der Waals surface area contributed by atoms with Gasteiger partial charge >= 0.3 is 9.41 Å². The van der Waals surface area contributed by atoms with Gasteiger partial charge in [0, 0.05) is 17.7 Å². The molecule has 3 nitrogen and oxygen atoms in total. The van der Waals surface area contributed by atoms with Crippen molar-refractivity contribution in [1.82, 2.24) is 0 Å². The molecule has 0 fully saturated rings. The second-order valence-electron chi connectivity index (χ2n) is 2.48. The summed E-state index contributed by atoms with van der Waals surface area (Å²) < 4.78 is 7.56. The molecule has 0 bridgehead atoms. The lowest BCUT2D eigenvalue weighted by atomic mass is 10.3. The fourth-order valence-corrected chi connectivity index (χ4v) is 1.41. The zero-order valence-corrected chi connectivity index (χ0v) is 11.1. The van der Waals surface area contributed by atoms with Crippen LogP contribution in [0.3, 0.4) is 0 Å². The highest BCUT2D eigenvalue weighted by Gasteiger charge is 2.22. The van der Waals surface area contributed by atoms with E-state index in [2.05, 4.69) is 4.74 Å². The number of alkyl halides is 3. The zero-order chi connectivity index (χ0) is 12.3. The van der Waals surface area contributed by atoms with E-state index in [0.717, 1.165) is 0 Å². The highest BCUT2D eigenvalue weighted by atomic mass is 35.6. The molecule has 0 atom stereocenters. The number of hydrogen-bond donors (Lipinski definition) is 0. The summed E-state index contributed by atoms with van der Waals surface area (Å²) in [6, 6.07) is 4.08. The van der Waals surface area contributed by atoms with Crippen LogP contribution in [0.15, 0.2) is 18.2 Å². The molecule has 0 aliphatic carbocycles. The lowest BCUT2D eigenvalue weighted by Crippen LogP contribution is -2.12. The van der Waals surface area contributed by atoms with Crippen LogP contribution in [0.25, 0.3) is 0 Å². The van der Waals surface area contributed by atoms with E-state index in [1.165, 1.54) is 18.2 Å². The van der Waals surface area contributed by atoms with Crippen LogP contribution in [-0.4, -0.2) is 9.41 Å². The molecule has 0 saturated carbocycles. The lowest BCUT2D eigenvalue weighted by Gasteiger charge is -2.14. The molecule has 0 aliphatic rings. The predicted octanol–water partition coefficient (Wildman–Crippen LogP) is 4.78. The summed E-state index contributed by atoms with van der Waals surface area (Å²) in [6.07, 6.45) is 0. The molecule has 0 unspecified atom stereocenters.